The highest BCUT2D eigenvalue weighted by Crippen LogP contribution is 2.44. The van der Waals surface area contributed by atoms with Crippen LogP contribution in [0.1, 0.15) is 83.1 Å². The van der Waals surface area contributed by atoms with Gasteiger partial charge in [-0.25, -0.2) is 8.78 Å². The SMILES string of the molecule is CCCC1CC[C](C2CC[C](CCc3ccc(F)c(F)c3)CC2)CC1. The minimum absolute atomic E-state index is 0.721. The molecule has 0 heterocycles. The first-order valence-electron chi connectivity index (χ1n) is 10.3. The summed E-state index contributed by atoms with van der Waals surface area (Å²) in [6, 6.07) is 4.32. The average Bonchev–Trinajstić information content (AvgIpc) is 2.64. The van der Waals surface area contributed by atoms with E-state index in [1.165, 1.54) is 76.3 Å². The summed E-state index contributed by atoms with van der Waals surface area (Å²) in [7, 11) is 0. The van der Waals surface area contributed by atoms with Gasteiger partial charge in [0, 0.05) is 0 Å². The van der Waals surface area contributed by atoms with E-state index in [0.717, 1.165) is 30.2 Å². The predicted octanol–water partition coefficient (Wildman–Crippen LogP) is 7.23. The van der Waals surface area contributed by atoms with Gasteiger partial charge in [-0.2, -0.15) is 0 Å². The average molecular weight is 347 g/mol. The highest BCUT2D eigenvalue weighted by Gasteiger charge is 2.31. The monoisotopic (exact) mass is 346 g/mol. The maximum atomic E-state index is 13.3. The van der Waals surface area contributed by atoms with E-state index in [1.54, 1.807) is 12.0 Å². The third-order valence-electron chi connectivity index (χ3n) is 6.47. The number of aryl methyl sites for hydroxylation is 1. The lowest BCUT2D eigenvalue weighted by Gasteiger charge is -2.37. The van der Waals surface area contributed by atoms with E-state index in [4.69, 9.17) is 0 Å². The van der Waals surface area contributed by atoms with E-state index < -0.39 is 11.6 Å². The highest BCUT2D eigenvalue weighted by atomic mass is 19.2. The Morgan fingerprint density at radius 2 is 1.60 bits per heavy atom. The summed E-state index contributed by atoms with van der Waals surface area (Å²) in [5, 5.41) is 0. The molecule has 0 atom stereocenters. The zero-order chi connectivity index (χ0) is 17.6. The fourth-order valence-electron chi connectivity index (χ4n) is 4.85. The maximum absolute atomic E-state index is 13.3. The van der Waals surface area contributed by atoms with Crippen molar-refractivity contribution in [2.24, 2.45) is 11.8 Å². The van der Waals surface area contributed by atoms with Crippen molar-refractivity contribution in [1.29, 1.82) is 0 Å². The van der Waals surface area contributed by atoms with Crippen molar-refractivity contribution in [3.63, 3.8) is 0 Å². The second-order valence-corrected chi connectivity index (χ2v) is 8.16. The molecule has 2 aliphatic carbocycles. The molecule has 2 fully saturated rings. The largest absolute Gasteiger partial charge is 0.204 e. The van der Waals surface area contributed by atoms with E-state index in [0.29, 0.717) is 0 Å². The summed E-state index contributed by atoms with van der Waals surface area (Å²) in [6.07, 6.45) is 15.3. The van der Waals surface area contributed by atoms with E-state index >= 15 is 0 Å². The van der Waals surface area contributed by atoms with Crippen molar-refractivity contribution in [1.82, 2.24) is 0 Å². The third kappa shape index (κ3) is 5.28. The summed E-state index contributed by atoms with van der Waals surface area (Å²) in [6.45, 7) is 2.30. The molecule has 2 heteroatoms. The molecule has 0 N–H and O–H groups in total. The zero-order valence-corrected chi connectivity index (χ0v) is 15.6. The van der Waals surface area contributed by atoms with Crippen LogP contribution in [0.3, 0.4) is 0 Å². The Labute approximate surface area is 152 Å². The van der Waals surface area contributed by atoms with Crippen molar-refractivity contribution >= 4 is 0 Å². The molecule has 3 rings (SSSR count). The summed E-state index contributed by atoms with van der Waals surface area (Å²) < 4.78 is 26.3. The fourth-order valence-corrected chi connectivity index (χ4v) is 4.85. The summed E-state index contributed by atoms with van der Waals surface area (Å²) in [5.74, 6) is 3.85. The molecule has 0 amide bonds. The van der Waals surface area contributed by atoms with Gasteiger partial charge in [0.1, 0.15) is 0 Å². The summed E-state index contributed by atoms with van der Waals surface area (Å²) in [4.78, 5) is 0. The molecular formula is C23H32F2. The lowest BCUT2D eigenvalue weighted by molar-refractivity contribution is 0.281. The summed E-state index contributed by atoms with van der Waals surface area (Å²) in [5.41, 5.74) is 0.914. The molecule has 0 spiro atoms. The van der Waals surface area contributed by atoms with Crippen LogP contribution in [0.15, 0.2) is 18.2 Å². The van der Waals surface area contributed by atoms with Gasteiger partial charge in [-0.3, -0.25) is 0 Å². The molecule has 0 bridgehead atoms. The summed E-state index contributed by atoms with van der Waals surface area (Å²) >= 11 is 0. The molecule has 0 nitrogen and oxygen atoms in total. The zero-order valence-electron chi connectivity index (χ0n) is 15.6. The Hall–Kier alpha value is -0.920. The Bertz CT molecular complexity index is 523. The minimum Gasteiger partial charge on any atom is -0.204 e. The fraction of sp³-hybridized carbons (Fsp3) is 0.652. The topological polar surface area (TPSA) is 0 Å². The number of halogens is 2. The van der Waals surface area contributed by atoms with Gasteiger partial charge in [0.15, 0.2) is 11.6 Å². The van der Waals surface area contributed by atoms with Gasteiger partial charge in [0.25, 0.3) is 0 Å². The molecule has 0 unspecified atom stereocenters. The van der Waals surface area contributed by atoms with Gasteiger partial charge in [-0.05, 0) is 106 Å². The van der Waals surface area contributed by atoms with Gasteiger partial charge in [-0.15, -0.1) is 0 Å². The number of benzene rings is 1. The molecule has 0 aliphatic heterocycles. The van der Waals surface area contributed by atoms with Crippen molar-refractivity contribution < 1.29 is 8.78 Å². The first-order valence-corrected chi connectivity index (χ1v) is 10.3. The smallest absolute Gasteiger partial charge is 0.159 e. The van der Waals surface area contributed by atoms with Gasteiger partial charge < -0.3 is 0 Å². The van der Waals surface area contributed by atoms with Crippen molar-refractivity contribution in [3.8, 4) is 0 Å². The third-order valence-corrected chi connectivity index (χ3v) is 6.47. The Kier molecular flexibility index (Phi) is 6.90. The van der Waals surface area contributed by atoms with Crippen LogP contribution in [0.4, 0.5) is 8.78 Å². The van der Waals surface area contributed by atoms with Crippen LogP contribution in [-0.2, 0) is 6.42 Å². The first kappa shape index (κ1) is 18.9. The quantitative estimate of drug-likeness (QED) is 0.510. The van der Waals surface area contributed by atoms with Gasteiger partial charge in [0.05, 0.1) is 0 Å². The van der Waals surface area contributed by atoms with Crippen molar-refractivity contribution in [3.05, 3.63) is 47.2 Å². The van der Waals surface area contributed by atoms with Crippen molar-refractivity contribution in [2.75, 3.05) is 0 Å². The van der Waals surface area contributed by atoms with E-state index in [9.17, 15) is 8.78 Å². The standard InChI is InChI=1S/C23H32F2/c1-2-3-17-6-11-20(12-7-17)21-13-8-18(9-14-21)4-5-19-10-15-22(24)23(25)16-19/h10,15-17,21H,2-9,11-14H2,1H3. The molecule has 2 saturated carbocycles. The molecular weight excluding hydrogens is 314 g/mol. The normalized spacial score (nSPS) is 21.7. The first-order chi connectivity index (χ1) is 12.2. The molecule has 1 aromatic carbocycles. The lowest BCUT2D eigenvalue weighted by atomic mass is 9.68. The van der Waals surface area contributed by atoms with E-state index in [1.807, 2.05) is 5.92 Å². The number of rotatable bonds is 6. The minimum atomic E-state index is -0.748. The molecule has 25 heavy (non-hydrogen) atoms. The molecule has 2 aliphatic rings. The second-order valence-electron chi connectivity index (χ2n) is 8.16. The van der Waals surface area contributed by atoms with Crippen LogP contribution in [0.25, 0.3) is 0 Å². The Morgan fingerprint density at radius 1 is 0.880 bits per heavy atom. The van der Waals surface area contributed by atoms with Crippen LogP contribution >= 0.6 is 0 Å². The molecule has 0 aromatic heterocycles. The van der Waals surface area contributed by atoms with Gasteiger partial charge in [0.2, 0.25) is 0 Å². The van der Waals surface area contributed by atoms with Crippen LogP contribution < -0.4 is 0 Å². The van der Waals surface area contributed by atoms with Crippen LogP contribution in [0, 0.1) is 35.3 Å². The molecule has 138 valence electrons. The van der Waals surface area contributed by atoms with Crippen LogP contribution in [0.5, 0.6) is 0 Å². The molecule has 0 saturated heterocycles. The number of hydrogen-bond donors (Lipinski definition) is 0. The van der Waals surface area contributed by atoms with Crippen molar-refractivity contribution in [2.45, 2.75) is 84.0 Å². The van der Waals surface area contributed by atoms with Gasteiger partial charge in [-0.1, -0.05) is 25.8 Å². The number of hydrogen-bond acceptors (Lipinski definition) is 0. The highest BCUT2D eigenvalue weighted by molar-refractivity contribution is 5.19. The maximum Gasteiger partial charge on any atom is 0.159 e. The Balaban J connectivity index is 1.38. The van der Waals surface area contributed by atoms with Crippen LogP contribution in [-0.4, -0.2) is 0 Å². The molecule has 1 aromatic rings. The molecule has 2 radical (unpaired) electrons. The second kappa shape index (κ2) is 9.14. The Morgan fingerprint density at radius 3 is 2.24 bits per heavy atom. The van der Waals surface area contributed by atoms with Gasteiger partial charge >= 0.3 is 0 Å². The van der Waals surface area contributed by atoms with E-state index in [2.05, 4.69) is 6.92 Å². The predicted molar refractivity (Wildman–Crippen MR) is 100.0 cm³/mol. The van der Waals surface area contributed by atoms with E-state index in [-0.39, 0.29) is 0 Å². The lowest BCUT2D eigenvalue weighted by Crippen LogP contribution is -2.24. The van der Waals surface area contributed by atoms with Crippen LogP contribution in [0.2, 0.25) is 0 Å².